The van der Waals surface area contributed by atoms with Crippen LogP contribution in [0.4, 0.5) is 13.2 Å². The molecular weight excluding hydrogens is 872 g/mol. The van der Waals surface area contributed by atoms with Crippen LogP contribution in [0.1, 0.15) is 62.4 Å². The van der Waals surface area contributed by atoms with E-state index in [9.17, 15) is 33.1 Å². The average molecular weight is 926 g/mol. The molecule has 0 radical (unpaired) electrons. The van der Waals surface area contributed by atoms with Crippen molar-refractivity contribution in [3.63, 3.8) is 0 Å². The highest BCUT2D eigenvalue weighted by atomic mass is 35.5. The molecule has 3 heterocycles. The molecule has 17 heteroatoms. The van der Waals surface area contributed by atoms with E-state index in [2.05, 4.69) is 10.3 Å². The second-order valence-electron chi connectivity index (χ2n) is 17.9. The van der Waals surface area contributed by atoms with Gasteiger partial charge in [-0.1, -0.05) is 35.3 Å². The molecule has 3 fully saturated rings. The Hall–Kier alpha value is -4.96. The number of rotatable bonds is 11. The van der Waals surface area contributed by atoms with Crippen LogP contribution in [0.2, 0.25) is 10.0 Å². The summed E-state index contributed by atoms with van der Waals surface area (Å²) < 4.78 is 53.5. The maximum absolute atomic E-state index is 16.2. The van der Waals surface area contributed by atoms with Gasteiger partial charge in [0.15, 0.2) is 5.78 Å². The first-order chi connectivity index (χ1) is 30.3. The van der Waals surface area contributed by atoms with Crippen LogP contribution in [-0.4, -0.2) is 104 Å². The van der Waals surface area contributed by atoms with E-state index in [4.69, 9.17) is 27.9 Å². The van der Waals surface area contributed by atoms with Crippen molar-refractivity contribution in [1.29, 1.82) is 0 Å². The summed E-state index contributed by atoms with van der Waals surface area (Å²) in [7, 11) is 5.82. The van der Waals surface area contributed by atoms with Crippen LogP contribution >= 0.6 is 23.2 Å². The van der Waals surface area contributed by atoms with Crippen molar-refractivity contribution in [2.24, 2.45) is 24.8 Å². The summed E-state index contributed by atoms with van der Waals surface area (Å²) in [6.07, 6.45) is 0.693. The molecule has 3 amide bonds. The summed E-state index contributed by atoms with van der Waals surface area (Å²) in [5.74, 6) is -8.56. The van der Waals surface area contributed by atoms with Crippen molar-refractivity contribution in [3.8, 4) is 22.8 Å². The number of piperidine rings is 1. The van der Waals surface area contributed by atoms with Crippen LogP contribution in [0, 0.1) is 23.6 Å². The largest absolute Gasteiger partial charge is 0.457 e. The van der Waals surface area contributed by atoms with Crippen LogP contribution in [0.15, 0.2) is 66.9 Å². The number of ether oxygens (including phenoxy) is 1. The van der Waals surface area contributed by atoms with Gasteiger partial charge in [-0.2, -0.15) is 0 Å². The molecule has 4 aromatic rings. The fourth-order valence-corrected chi connectivity index (χ4v) is 9.50. The predicted molar refractivity (Wildman–Crippen MR) is 235 cm³/mol. The number of carbonyl (C=O) groups excluding carboxylic acids is 4. The molecule has 1 aliphatic carbocycles. The first-order valence-electron chi connectivity index (χ1n) is 21.4. The van der Waals surface area contributed by atoms with Crippen LogP contribution in [0.5, 0.6) is 11.5 Å². The van der Waals surface area contributed by atoms with E-state index in [0.29, 0.717) is 30.2 Å². The zero-order valence-electron chi connectivity index (χ0n) is 36.3. The summed E-state index contributed by atoms with van der Waals surface area (Å²) >= 11 is 12.5. The molecule has 3 aromatic carbocycles. The van der Waals surface area contributed by atoms with Crippen molar-refractivity contribution in [2.45, 2.75) is 82.5 Å². The molecular formula is C47H53Cl2F3N6O6. The van der Waals surface area contributed by atoms with Crippen molar-refractivity contribution in [2.75, 3.05) is 33.8 Å². The Morgan fingerprint density at radius 1 is 0.984 bits per heavy atom. The summed E-state index contributed by atoms with van der Waals surface area (Å²) in [4.78, 5) is 66.8. The summed E-state index contributed by atoms with van der Waals surface area (Å²) in [6.45, 7) is 1.07. The van der Waals surface area contributed by atoms with Gasteiger partial charge in [-0.3, -0.25) is 19.2 Å². The maximum Gasteiger partial charge on any atom is 0.248 e. The standard InChI is InChI=1S/C47H53Cl2F3N6O6/c1-28-40(60)16-31(26-59)44(62)54-46(20-29-6-10-33(48)11-7-29)14-5-15-57(27-46)45(63)36(32-21-47(51,52)22-32)19-43(61)58(28)24-37-38(50)17-34(49)18-41(37)64-35-12-8-30(9-13-35)39-23-53-42(56(39)4)25-55(2)3/h6-13,17-18,23,28,31-32,36,59H,5,14-16,19-22,24-27H2,1-4H3,(H,54,62)/t28-,31-,36-,46+/m0/s1. The smallest absolute Gasteiger partial charge is 0.248 e. The minimum Gasteiger partial charge on any atom is -0.457 e. The molecule has 2 saturated heterocycles. The number of aliphatic hydroxyl groups is 1. The molecule has 1 aromatic heterocycles. The van der Waals surface area contributed by atoms with Crippen LogP contribution in [0.25, 0.3) is 11.3 Å². The number of hydrogen-bond acceptors (Lipinski definition) is 8. The summed E-state index contributed by atoms with van der Waals surface area (Å²) in [6, 6.07) is 15.1. The minimum absolute atomic E-state index is 0.00253. The van der Waals surface area contributed by atoms with Gasteiger partial charge in [0.25, 0.3) is 0 Å². The molecule has 2 bridgehead atoms. The van der Waals surface area contributed by atoms with Gasteiger partial charge >= 0.3 is 0 Å². The zero-order chi connectivity index (χ0) is 46.1. The number of alkyl halides is 2. The number of amides is 3. The second-order valence-corrected chi connectivity index (χ2v) is 18.7. The van der Waals surface area contributed by atoms with Gasteiger partial charge in [-0.05, 0) is 100 Å². The van der Waals surface area contributed by atoms with Crippen molar-refractivity contribution in [1.82, 2.24) is 29.6 Å². The van der Waals surface area contributed by atoms with Crippen LogP contribution in [0.3, 0.4) is 0 Å². The minimum atomic E-state index is -3.02. The molecule has 342 valence electrons. The third-order valence-electron chi connectivity index (χ3n) is 12.8. The highest BCUT2D eigenvalue weighted by Gasteiger charge is 2.53. The SMILES string of the molecule is C[C@H]1C(=O)C[C@@H](CO)C(=O)N[C@@]2(Cc3ccc(Cl)cc3)CCCN(C2)C(=O)[C@H](C2CC(F)(F)C2)CC(=O)N1Cc1c(F)cc(Cl)cc1Oc1ccc(-c2cnc(CN(C)C)n2C)cc1. The highest BCUT2D eigenvalue weighted by Crippen LogP contribution is 2.48. The van der Waals surface area contributed by atoms with Crippen LogP contribution < -0.4 is 10.1 Å². The monoisotopic (exact) mass is 924 g/mol. The van der Waals surface area contributed by atoms with Gasteiger partial charge < -0.3 is 34.4 Å². The molecule has 0 spiro atoms. The normalized spacial score (nSPS) is 23.5. The number of halogens is 5. The first-order valence-corrected chi connectivity index (χ1v) is 22.2. The lowest BCUT2D eigenvalue weighted by molar-refractivity contribution is -0.162. The number of aliphatic hydroxyl groups excluding tert-OH is 1. The van der Waals surface area contributed by atoms with Crippen molar-refractivity contribution in [3.05, 3.63) is 99.7 Å². The number of carbonyl (C=O) groups is 4. The number of benzene rings is 3. The van der Waals surface area contributed by atoms with Gasteiger partial charge in [0, 0.05) is 67.0 Å². The number of aromatic nitrogens is 2. The molecule has 1 saturated carbocycles. The Bertz CT molecular complexity index is 2370. The number of nitrogens with one attached hydrogen (secondary N) is 1. The molecule has 2 N–H and O–H groups in total. The van der Waals surface area contributed by atoms with Crippen LogP contribution in [-0.2, 0) is 45.7 Å². The Kier molecular flexibility index (Phi) is 14.1. The van der Waals surface area contributed by atoms with E-state index in [1.165, 1.54) is 17.9 Å². The summed E-state index contributed by atoms with van der Waals surface area (Å²) in [5.41, 5.74) is 1.32. The second kappa shape index (κ2) is 19.3. The average Bonchev–Trinajstić information content (AvgIpc) is 3.59. The lowest BCUT2D eigenvalue weighted by Gasteiger charge is -2.47. The Labute approximate surface area is 380 Å². The third-order valence-corrected chi connectivity index (χ3v) is 13.3. The van der Waals surface area contributed by atoms with E-state index < -0.39 is 103 Å². The third kappa shape index (κ3) is 10.6. The van der Waals surface area contributed by atoms with Gasteiger partial charge in [0.1, 0.15) is 23.1 Å². The number of Topliss-reactive ketones (excluding diaryl/α,β-unsaturated/α-hetero) is 1. The molecule has 7 rings (SSSR count). The Morgan fingerprint density at radius 2 is 1.69 bits per heavy atom. The topological polar surface area (TPSA) is 137 Å². The van der Waals surface area contributed by atoms with E-state index in [1.807, 2.05) is 42.7 Å². The van der Waals surface area contributed by atoms with Crippen molar-refractivity contribution < 1.29 is 42.2 Å². The number of fused-ring (bicyclic) bond motifs is 2. The van der Waals surface area contributed by atoms with E-state index in [1.54, 1.807) is 42.6 Å². The number of ketones is 1. The zero-order valence-corrected chi connectivity index (χ0v) is 37.8. The maximum atomic E-state index is 16.2. The van der Waals surface area contributed by atoms with E-state index >= 15 is 4.39 Å². The summed E-state index contributed by atoms with van der Waals surface area (Å²) in [5, 5.41) is 14.1. The van der Waals surface area contributed by atoms with Crippen molar-refractivity contribution >= 4 is 46.7 Å². The predicted octanol–water partition coefficient (Wildman–Crippen LogP) is 7.46. The number of nitrogens with zero attached hydrogens (tertiary/aromatic N) is 5. The van der Waals surface area contributed by atoms with Gasteiger partial charge in [0.2, 0.25) is 23.6 Å². The first kappa shape index (κ1) is 47.0. The lowest BCUT2D eigenvalue weighted by Crippen LogP contribution is -2.63. The fourth-order valence-electron chi connectivity index (χ4n) is 9.18. The molecule has 2 aliphatic heterocycles. The van der Waals surface area contributed by atoms with E-state index in [0.717, 1.165) is 33.6 Å². The van der Waals surface area contributed by atoms with Gasteiger partial charge in [-0.15, -0.1) is 0 Å². The number of imidazole rings is 1. The quantitative estimate of drug-likeness (QED) is 0.158. The molecule has 12 nitrogen and oxygen atoms in total. The molecule has 3 aliphatic rings. The highest BCUT2D eigenvalue weighted by molar-refractivity contribution is 6.31. The Morgan fingerprint density at radius 3 is 2.34 bits per heavy atom. The lowest BCUT2D eigenvalue weighted by atomic mass is 9.70. The fraction of sp³-hybridized carbons (Fsp3) is 0.468. The van der Waals surface area contributed by atoms with E-state index in [-0.39, 0.29) is 35.8 Å². The Balaban J connectivity index is 1.21. The number of hydrogen-bond donors (Lipinski definition) is 2. The van der Waals surface area contributed by atoms with Gasteiger partial charge in [-0.25, -0.2) is 18.2 Å². The molecule has 0 unspecified atom stereocenters. The molecule has 64 heavy (non-hydrogen) atoms. The van der Waals surface area contributed by atoms with Gasteiger partial charge in [0.05, 0.1) is 55.0 Å². The molecule has 4 atom stereocenters.